The third-order valence-corrected chi connectivity index (χ3v) is 5.55. The topological polar surface area (TPSA) is 96.2 Å². The molecule has 3 N–H and O–H groups in total. The van der Waals surface area contributed by atoms with Crippen LogP contribution in [0.1, 0.15) is 97.3 Å². The number of carboxylic acid groups (broad SMARTS) is 1. The lowest BCUT2D eigenvalue weighted by atomic mass is 10.0. The Labute approximate surface area is 176 Å². The van der Waals surface area contributed by atoms with Gasteiger partial charge in [0.2, 0.25) is 0 Å². The lowest BCUT2D eigenvalue weighted by Gasteiger charge is -2.36. The maximum atomic E-state index is 10.3. The lowest BCUT2D eigenvalue weighted by Crippen LogP contribution is -2.48. The highest BCUT2D eigenvalue weighted by Crippen LogP contribution is 2.23. The zero-order valence-electron chi connectivity index (χ0n) is 18.3. The molecule has 6 nitrogen and oxygen atoms in total. The van der Waals surface area contributed by atoms with Crippen molar-refractivity contribution >= 4 is 5.97 Å². The second-order valence-corrected chi connectivity index (χ2v) is 8.38. The number of unbranched alkanes of at least 4 members (excludes halogenated alkanes) is 10. The molecule has 5 atom stereocenters. The summed E-state index contributed by atoms with van der Waals surface area (Å²) in [6, 6.07) is 0. The predicted octanol–water partition coefficient (Wildman–Crippen LogP) is 4.57. The molecule has 0 aromatic rings. The minimum absolute atomic E-state index is 0.0439. The SMILES string of the molecule is CC(CCCCCCCCCCCCC=CC(=O)O)OC1OC(C)C(O)CC1O. The van der Waals surface area contributed by atoms with E-state index in [4.69, 9.17) is 14.6 Å². The molecule has 0 saturated carbocycles. The molecule has 0 amide bonds. The molecule has 170 valence electrons. The van der Waals surface area contributed by atoms with Crippen LogP contribution in [0.2, 0.25) is 0 Å². The van der Waals surface area contributed by atoms with E-state index >= 15 is 0 Å². The summed E-state index contributed by atoms with van der Waals surface area (Å²) in [6.45, 7) is 3.82. The van der Waals surface area contributed by atoms with Gasteiger partial charge in [0.1, 0.15) is 6.10 Å². The van der Waals surface area contributed by atoms with E-state index in [1.54, 1.807) is 13.0 Å². The van der Waals surface area contributed by atoms with Crippen LogP contribution in [-0.4, -0.2) is 52.0 Å². The third-order valence-electron chi connectivity index (χ3n) is 5.55. The Bertz CT molecular complexity index is 453. The van der Waals surface area contributed by atoms with Crippen LogP contribution >= 0.6 is 0 Å². The van der Waals surface area contributed by atoms with E-state index in [0.29, 0.717) is 6.42 Å². The maximum absolute atomic E-state index is 10.3. The van der Waals surface area contributed by atoms with Crippen molar-refractivity contribution < 1.29 is 29.6 Å². The Morgan fingerprint density at radius 3 is 2.14 bits per heavy atom. The number of aliphatic hydroxyl groups excluding tert-OH is 2. The number of ether oxygens (including phenoxy) is 2. The first-order valence-electron chi connectivity index (χ1n) is 11.5. The summed E-state index contributed by atoms with van der Waals surface area (Å²) in [6.07, 6.45) is 15.0. The number of rotatable bonds is 16. The number of carboxylic acids is 1. The maximum Gasteiger partial charge on any atom is 0.327 e. The number of hydrogen-bond acceptors (Lipinski definition) is 5. The molecule has 0 aliphatic carbocycles. The van der Waals surface area contributed by atoms with Gasteiger partial charge < -0.3 is 24.8 Å². The van der Waals surface area contributed by atoms with Crippen LogP contribution in [-0.2, 0) is 14.3 Å². The van der Waals surface area contributed by atoms with E-state index in [1.165, 1.54) is 57.4 Å². The van der Waals surface area contributed by atoms with Crippen molar-refractivity contribution in [2.45, 2.75) is 128 Å². The molecular weight excluding hydrogens is 372 g/mol. The van der Waals surface area contributed by atoms with Gasteiger partial charge in [-0.15, -0.1) is 0 Å². The van der Waals surface area contributed by atoms with Gasteiger partial charge >= 0.3 is 5.97 Å². The molecule has 0 aromatic heterocycles. The molecule has 1 heterocycles. The molecule has 0 radical (unpaired) electrons. The van der Waals surface area contributed by atoms with E-state index in [0.717, 1.165) is 25.7 Å². The molecule has 1 saturated heterocycles. The number of aliphatic carboxylic acids is 1. The first kappa shape index (κ1) is 26.1. The fourth-order valence-electron chi connectivity index (χ4n) is 3.66. The molecule has 1 aliphatic heterocycles. The smallest absolute Gasteiger partial charge is 0.327 e. The highest BCUT2D eigenvalue weighted by atomic mass is 16.7. The summed E-state index contributed by atoms with van der Waals surface area (Å²) in [7, 11) is 0. The molecule has 1 rings (SSSR count). The fourth-order valence-corrected chi connectivity index (χ4v) is 3.66. The van der Waals surface area contributed by atoms with Crippen molar-refractivity contribution in [1.29, 1.82) is 0 Å². The molecule has 1 fully saturated rings. The quantitative estimate of drug-likeness (QED) is 0.253. The lowest BCUT2D eigenvalue weighted by molar-refractivity contribution is -0.273. The normalized spacial score (nSPS) is 26.1. The summed E-state index contributed by atoms with van der Waals surface area (Å²) in [5, 5.41) is 28.2. The average molecular weight is 415 g/mol. The van der Waals surface area contributed by atoms with Gasteiger partial charge in [-0.25, -0.2) is 4.79 Å². The van der Waals surface area contributed by atoms with Crippen molar-refractivity contribution in [3.8, 4) is 0 Å². The van der Waals surface area contributed by atoms with Crippen LogP contribution in [0.3, 0.4) is 0 Å². The van der Waals surface area contributed by atoms with Crippen LogP contribution in [0.4, 0.5) is 0 Å². The average Bonchev–Trinajstić information content (AvgIpc) is 2.66. The van der Waals surface area contributed by atoms with Gasteiger partial charge in [0.25, 0.3) is 0 Å². The zero-order valence-corrected chi connectivity index (χ0v) is 18.3. The van der Waals surface area contributed by atoms with Gasteiger partial charge in [-0.2, -0.15) is 0 Å². The van der Waals surface area contributed by atoms with Crippen molar-refractivity contribution in [2.75, 3.05) is 0 Å². The van der Waals surface area contributed by atoms with Gasteiger partial charge in [-0.3, -0.25) is 0 Å². The molecule has 0 bridgehead atoms. The highest BCUT2D eigenvalue weighted by molar-refractivity contribution is 5.79. The first-order valence-corrected chi connectivity index (χ1v) is 11.5. The number of aliphatic hydroxyl groups is 2. The van der Waals surface area contributed by atoms with Crippen molar-refractivity contribution in [3.63, 3.8) is 0 Å². The minimum atomic E-state index is -0.862. The van der Waals surface area contributed by atoms with Gasteiger partial charge in [0, 0.05) is 12.5 Å². The number of hydrogen-bond donors (Lipinski definition) is 3. The van der Waals surface area contributed by atoms with Crippen molar-refractivity contribution in [2.24, 2.45) is 0 Å². The van der Waals surface area contributed by atoms with Crippen LogP contribution in [0.5, 0.6) is 0 Å². The van der Waals surface area contributed by atoms with E-state index in [1.807, 2.05) is 6.92 Å². The van der Waals surface area contributed by atoms with Gasteiger partial charge in [-0.1, -0.05) is 63.9 Å². The van der Waals surface area contributed by atoms with E-state index in [9.17, 15) is 15.0 Å². The van der Waals surface area contributed by atoms with Gasteiger partial charge in [0.15, 0.2) is 6.29 Å². The number of allylic oxidation sites excluding steroid dienone is 1. The Hall–Kier alpha value is -0.950. The van der Waals surface area contributed by atoms with Crippen molar-refractivity contribution in [1.82, 2.24) is 0 Å². The second-order valence-electron chi connectivity index (χ2n) is 8.38. The Morgan fingerprint density at radius 2 is 1.55 bits per heavy atom. The first-order chi connectivity index (χ1) is 13.9. The van der Waals surface area contributed by atoms with E-state index in [2.05, 4.69) is 0 Å². The second kappa shape index (κ2) is 15.8. The Balaban J connectivity index is 1.88. The molecule has 0 aromatic carbocycles. The van der Waals surface area contributed by atoms with E-state index < -0.39 is 24.5 Å². The molecular formula is C23H42O6. The van der Waals surface area contributed by atoms with Crippen LogP contribution < -0.4 is 0 Å². The van der Waals surface area contributed by atoms with Crippen LogP contribution in [0.25, 0.3) is 0 Å². The summed E-state index contributed by atoms with van der Waals surface area (Å²) in [5.41, 5.74) is 0. The molecule has 0 spiro atoms. The number of carbonyl (C=O) groups is 1. The minimum Gasteiger partial charge on any atom is -0.478 e. The largest absolute Gasteiger partial charge is 0.478 e. The monoisotopic (exact) mass is 414 g/mol. The Kier molecular flexibility index (Phi) is 14.2. The zero-order chi connectivity index (χ0) is 21.5. The third kappa shape index (κ3) is 13.1. The van der Waals surface area contributed by atoms with Crippen LogP contribution in [0.15, 0.2) is 12.2 Å². The molecule has 5 unspecified atom stereocenters. The van der Waals surface area contributed by atoms with Crippen molar-refractivity contribution in [3.05, 3.63) is 12.2 Å². The molecule has 1 aliphatic rings. The summed E-state index contributed by atoms with van der Waals surface area (Å²) in [5.74, 6) is -0.862. The standard InChI is InChI=1S/C23H42O6/c1-18(28-23-21(25)17-20(24)19(2)29-23)15-13-11-9-7-5-3-4-6-8-10-12-14-16-22(26)27/h14,16,18-21,23-25H,3-13,15,17H2,1-2H3,(H,26,27). The fraction of sp³-hybridized carbons (Fsp3) is 0.870. The summed E-state index contributed by atoms with van der Waals surface area (Å²) < 4.78 is 11.4. The highest BCUT2D eigenvalue weighted by Gasteiger charge is 2.35. The molecule has 29 heavy (non-hydrogen) atoms. The van der Waals surface area contributed by atoms with Gasteiger partial charge in [-0.05, 0) is 33.1 Å². The van der Waals surface area contributed by atoms with Crippen LogP contribution in [0, 0.1) is 0 Å². The van der Waals surface area contributed by atoms with Gasteiger partial charge in [0.05, 0.1) is 18.3 Å². The summed E-state index contributed by atoms with van der Waals surface area (Å²) in [4.78, 5) is 10.3. The predicted molar refractivity (Wildman–Crippen MR) is 114 cm³/mol. The Morgan fingerprint density at radius 1 is 1.00 bits per heavy atom. The van der Waals surface area contributed by atoms with E-state index in [-0.39, 0.29) is 12.2 Å². The summed E-state index contributed by atoms with van der Waals surface area (Å²) >= 11 is 0. The molecule has 6 heteroatoms.